The van der Waals surface area contributed by atoms with Gasteiger partial charge in [-0.1, -0.05) is 11.6 Å². The lowest BCUT2D eigenvalue weighted by Crippen LogP contribution is -2.48. The zero-order valence-electron chi connectivity index (χ0n) is 16.7. The molecule has 0 unspecified atom stereocenters. The van der Waals surface area contributed by atoms with Crippen molar-refractivity contribution in [1.82, 2.24) is 14.2 Å². The largest absolute Gasteiger partial charge is 0.439 e. The van der Waals surface area contributed by atoms with E-state index in [1.807, 2.05) is 17.0 Å². The Bertz CT molecular complexity index is 1170. The van der Waals surface area contributed by atoms with Gasteiger partial charge in [0.2, 0.25) is 15.9 Å². The molecule has 2 aromatic carbocycles. The second-order valence-electron chi connectivity index (χ2n) is 7.33. The number of nitrogens with zero attached hydrogens (tertiary/aromatic N) is 3. The van der Waals surface area contributed by atoms with E-state index in [9.17, 15) is 21.6 Å². The fourth-order valence-electron chi connectivity index (χ4n) is 3.42. The van der Waals surface area contributed by atoms with Gasteiger partial charge in [-0.05, 0) is 48.5 Å². The van der Waals surface area contributed by atoms with E-state index in [1.165, 1.54) is 4.31 Å². The first-order valence-corrected chi connectivity index (χ1v) is 11.6. The van der Waals surface area contributed by atoms with Crippen molar-refractivity contribution in [2.45, 2.75) is 17.6 Å². The summed E-state index contributed by atoms with van der Waals surface area (Å²) in [6.07, 6.45) is -2.88. The topological polar surface area (TPSA) is 66.7 Å². The van der Waals surface area contributed by atoms with Crippen molar-refractivity contribution >= 4 is 21.6 Å². The lowest BCUT2D eigenvalue weighted by Gasteiger charge is -2.33. The van der Waals surface area contributed by atoms with Crippen LogP contribution in [0.25, 0.3) is 11.3 Å². The monoisotopic (exact) mass is 485 g/mol. The number of alkyl halides is 3. The molecule has 0 amide bonds. The highest BCUT2D eigenvalue weighted by molar-refractivity contribution is 7.89. The summed E-state index contributed by atoms with van der Waals surface area (Å²) in [7, 11) is -3.87. The second-order valence-corrected chi connectivity index (χ2v) is 9.70. The molecule has 6 nitrogen and oxygen atoms in total. The van der Waals surface area contributed by atoms with Crippen molar-refractivity contribution < 1.29 is 26.0 Å². The molecule has 170 valence electrons. The average Bonchev–Trinajstić information content (AvgIpc) is 3.22. The average molecular weight is 486 g/mol. The number of benzene rings is 2. The Morgan fingerprint density at radius 2 is 1.59 bits per heavy atom. The number of sulfonamides is 1. The fraction of sp³-hybridized carbons (Fsp3) is 0.286. The molecule has 3 aromatic rings. The Hall–Kier alpha value is -2.40. The number of oxazole rings is 1. The summed E-state index contributed by atoms with van der Waals surface area (Å²) in [5, 5.41) is 0.623. The van der Waals surface area contributed by atoms with Crippen LogP contribution in [0.4, 0.5) is 13.2 Å². The molecule has 4 rings (SSSR count). The highest BCUT2D eigenvalue weighted by Gasteiger charge is 2.32. The number of hydrogen-bond donors (Lipinski definition) is 0. The van der Waals surface area contributed by atoms with Crippen molar-refractivity contribution in [1.29, 1.82) is 0 Å². The quantitative estimate of drug-likeness (QED) is 0.531. The van der Waals surface area contributed by atoms with Crippen molar-refractivity contribution in [2.75, 3.05) is 26.2 Å². The lowest BCUT2D eigenvalue weighted by molar-refractivity contribution is -0.137. The number of aromatic nitrogens is 1. The van der Waals surface area contributed by atoms with E-state index in [2.05, 4.69) is 4.98 Å². The van der Waals surface area contributed by atoms with Gasteiger partial charge in [0, 0.05) is 36.8 Å². The van der Waals surface area contributed by atoms with Crippen molar-refractivity contribution in [3.63, 3.8) is 0 Å². The third-order valence-corrected chi connectivity index (χ3v) is 7.36. The molecule has 32 heavy (non-hydrogen) atoms. The van der Waals surface area contributed by atoms with E-state index in [0.29, 0.717) is 36.3 Å². The molecule has 2 heterocycles. The molecular weight excluding hydrogens is 467 g/mol. The van der Waals surface area contributed by atoms with Crippen LogP contribution in [0.5, 0.6) is 0 Å². The van der Waals surface area contributed by atoms with E-state index in [1.54, 1.807) is 18.3 Å². The zero-order valence-corrected chi connectivity index (χ0v) is 18.3. The Balaban J connectivity index is 1.36. The Labute approximate surface area is 188 Å². The molecule has 0 bridgehead atoms. The van der Waals surface area contributed by atoms with Gasteiger partial charge in [0.25, 0.3) is 0 Å². The van der Waals surface area contributed by atoms with Crippen molar-refractivity contribution in [3.05, 3.63) is 71.2 Å². The standard InChI is InChI=1S/C21H19ClF3N3O3S/c22-17-5-1-15(2-6-17)19-13-26-20(31-19)14-27-9-11-28(12-10-27)32(29,30)18-7-3-16(4-8-18)21(23,24)25/h1-8,13H,9-12,14H2. The van der Waals surface area contributed by atoms with Crippen LogP contribution in [0.3, 0.4) is 0 Å². The maximum absolute atomic E-state index is 12.8. The van der Waals surface area contributed by atoms with Gasteiger partial charge in [-0.2, -0.15) is 17.5 Å². The summed E-state index contributed by atoms with van der Waals surface area (Å²) in [4.78, 5) is 6.14. The van der Waals surface area contributed by atoms with Crippen LogP contribution in [0.1, 0.15) is 11.5 Å². The molecule has 11 heteroatoms. The third-order valence-electron chi connectivity index (χ3n) is 5.19. The Morgan fingerprint density at radius 3 is 2.19 bits per heavy atom. The summed E-state index contributed by atoms with van der Waals surface area (Å²) < 4.78 is 70.8. The van der Waals surface area contributed by atoms with E-state index in [-0.39, 0.29) is 18.0 Å². The molecule has 0 saturated carbocycles. The molecule has 1 fully saturated rings. The number of halogens is 4. The van der Waals surface area contributed by atoms with Gasteiger partial charge >= 0.3 is 6.18 Å². The minimum absolute atomic E-state index is 0.153. The zero-order chi connectivity index (χ0) is 22.9. The second kappa shape index (κ2) is 8.86. The van der Waals surface area contributed by atoms with E-state index in [0.717, 1.165) is 29.8 Å². The molecule has 0 aliphatic carbocycles. The number of hydrogen-bond acceptors (Lipinski definition) is 5. The Morgan fingerprint density at radius 1 is 0.969 bits per heavy atom. The maximum Gasteiger partial charge on any atom is 0.416 e. The molecule has 0 N–H and O–H groups in total. The first-order valence-electron chi connectivity index (χ1n) is 9.73. The van der Waals surface area contributed by atoms with Crippen LogP contribution in [0.15, 0.2) is 64.0 Å². The number of piperazine rings is 1. The molecule has 1 aliphatic rings. The highest BCUT2D eigenvalue weighted by Crippen LogP contribution is 2.30. The summed E-state index contributed by atoms with van der Waals surface area (Å²) in [5.41, 5.74) is -0.0363. The molecule has 0 spiro atoms. The molecule has 1 aliphatic heterocycles. The molecule has 0 radical (unpaired) electrons. The van der Waals surface area contributed by atoms with Crippen LogP contribution in [0, 0.1) is 0 Å². The molecule has 1 saturated heterocycles. The smallest absolute Gasteiger partial charge is 0.416 e. The third kappa shape index (κ3) is 4.98. The molecule has 0 atom stereocenters. The van der Waals surface area contributed by atoms with Gasteiger partial charge in [0.1, 0.15) is 0 Å². The Kier molecular flexibility index (Phi) is 6.30. The van der Waals surface area contributed by atoms with Crippen molar-refractivity contribution in [2.24, 2.45) is 0 Å². The van der Waals surface area contributed by atoms with E-state index < -0.39 is 21.8 Å². The van der Waals surface area contributed by atoms with Crippen LogP contribution in [-0.4, -0.2) is 48.8 Å². The van der Waals surface area contributed by atoms with Gasteiger partial charge < -0.3 is 4.42 Å². The summed E-state index contributed by atoms with van der Waals surface area (Å²) in [5.74, 6) is 1.12. The van der Waals surface area contributed by atoms with Gasteiger partial charge in [0.15, 0.2) is 5.76 Å². The van der Waals surface area contributed by atoms with Gasteiger partial charge in [-0.25, -0.2) is 13.4 Å². The van der Waals surface area contributed by atoms with Gasteiger partial charge in [-0.3, -0.25) is 4.90 Å². The minimum atomic E-state index is -4.51. The van der Waals surface area contributed by atoms with Crippen LogP contribution in [0.2, 0.25) is 5.02 Å². The first-order chi connectivity index (χ1) is 15.1. The molecular formula is C21H19ClF3N3O3S. The first kappa shape index (κ1) is 22.8. The normalized spacial score (nSPS) is 16.4. The summed E-state index contributed by atoms with van der Waals surface area (Å²) in [6, 6.07) is 10.7. The predicted octanol–water partition coefficient (Wildman–Crippen LogP) is 4.52. The minimum Gasteiger partial charge on any atom is -0.439 e. The highest BCUT2D eigenvalue weighted by atomic mass is 35.5. The number of rotatable bonds is 5. The fourth-order valence-corrected chi connectivity index (χ4v) is 4.96. The predicted molar refractivity (Wildman–Crippen MR) is 112 cm³/mol. The van der Waals surface area contributed by atoms with Crippen LogP contribution in [-0.2, 0) is 22.7 Å². The van der Waals surface area contributed by atoms with Gasteiger partial charge in [-0.15, -0.1) is 0 Å². The summed E-state index contributed by atoms with van der Waals surface area (Å²) in [6.45, 7) is 1.74. The van der Waals surface area contributed by atoms with Crippen LogP contribution >= 0.6 is 11.6 Å². The van der Waals surface area contributed by atoms with Gasteiger partial charge in [0.05, 0.1) is 23.2 Å². The maximum atomic E-state index is 12.8. The van der Waals surface area contributed by atoms with E-state index in [4.69, 9.17) is 16.0 Å². The summed E-state index contributed by atoms with van der Waals surface area (Å²) >= 11 is 5.90. The van der Waals surface area contributed by atoms with Crippen LogP contribution < -0.4 is 0 Å². The van der Waals surface area contributed by atoms with Crippen molar-refractivity contribution in [3.8, 4) is 11.3 Å². The SMILES string of the molecule is O=S(=O)(c1ccc(C(F)(F)F)cc1)N1CCN(Cc2ncc(-c3ccc(Cl)cc3)o2)CC1. The molecule has 1 aromatic heterocycles. The van der Waals surface area contributed by atoms with E-state index >= 15 is 0 Å². The lowest BCUT2D eigenvalue weighted by atomic mass is 10.2.